The lowest BCUT2D eigenvalue weighted by molar-refractivity contribution is -0.162. The topological polar surface area (TPSA) is 59.0 Å². The molecule has 4 fully saturated rings. The molecule has 0 heterocycles. The number of hydrogen-bond donors (Lipinski definition) is 1. The first-order valence-corrected chi connectivity index (χ1v) is 6.48. The highest BCUT2D eigenvalue weighted by atomic mass is 16.5. The Kier molecular flexibility index (Phi) is 2.45. The zero-order chi connectivity index (χ0) is 11.2. The summed E-state index contributed by atoms with van der Waals surface area (Å²) in [6.45, 7) is 0.419. The van der Waals surface area contributed by atoms with E-state index in [4.69, 9.17) is 15.7 Å². The molecule has 0 saturated heterocycles. The summed E-state index contributed by atoms with van der Waals surface area (Å²) in [6, 6.07) is 1.60. The van der Waals surface area contributed by atoms with Crippen molar-refractivity contribution in [3.05, 3.63) is 0 Å². The van der Waals surface area contributed by atoms with Gasteiger partial charge in [0.15, 0.2) is 0 Å². The van der Waals surface area contributed by atoms with Gasteiger partial charge in [-0.2, -0.15) is 5.26 Å². The van der Waals surface area contributed by atoms with E-state index in [1.807, 2.05) is 0 Å². The molecule has 0 aromatic carbocycles. The lowest BCUT2D eigenvalue weighted by Crippen LogP contribution is -2.53. The quantitative estimate of drug-likeness (QED) is 0.789. The lowest BCUT2D eigenvalue weighted by atomic mass is 9.54. The molecule has 4 saturated carbocycles. The predicted molar refractivity (Wildman–Crippen MR) is 60.4 cm³/mol. The molecule has 1 atom stereocenters. The van der Waals surface area contributed by atoms with Crippen LogP contribution in [0, 0.1) is 29.1 Å². The van der Waals surface area contributed by atoms with Crippen molar-refractivity contribution in [1.29, 1.82) is 5.26 Å². The Labute approximate surface area is 96.9 Å². The molecule has 4 aliphatic rings. The number of nitrogens with two attached hydrogens (primary N) is 1. The molecule has 4 rings (SSSR count). The van der Waals surface area contributed by atoms with Gasteiger partial charge in [0.05, 0.1) is 18.3 Å². The van der Waals surface area contributed by atoms with Crippen molar-refractivity contribution in [2.75, 3.05) is 6.61 Å². The van der Waals surface area contributed by atoms with Gasteiger partial charge in [0.1, 0.15) is 6.04 Å². The Balaban J connectivity index is 1.67. The van der Waals surface area contributed by atoms with Crippen molar-refractivity contribution in [2.45, 2.75) is 50.2 Å². The average Bonchev–Trinajstić information content (AvgIpc) is 2.24. The molecule has 1 unspecified atom stereocenters. The minimum absolute atomic E-state index is 0.100. The molecular weight excluding hydrogens is 200 g/mol. The van der Waals surface area contributed by atoms with Gasteiger partial charge in [-0.1, -0.05) is 0 Å². The molecule has 3 nitrogen and oxygen atoms in total. The summed E-state index contributed by atoms with van der Waals surface area (Å²) in [4.78, 5) is 0. The second-order valence-corrected chi connectivity index (χ2v) is 6.15. The summed E-state index contributed by atoms with van der Waals surface area (Å²) < 4.78 is 6.05. The van der Waals surface area contributed by atoms with Crippen LogP contribution in [-0.4, -0.2) is 18.2 Å². The van der Waals surface area contributed by atoms with E-state index >= 15 is 0 Å². The van der Waals surface area contributed by atoms with Crippen LogP contribution in [0.25, 0.3) is 0 Å². The van der Waals surface area contributed by atoms with Crippen LogP contribution in [-0.2, 0) is 4.74 Å². The Hall–Kier alpha value is -0.590. The van der Waals surface area contributed by atoms with Gasteiger partial charge in [-0.15, -0.1) is 0 Å². The Morgan fingerprint density at radius 1 is 1.19 bits per heavy atom. The third-order valence-corrected chi connectivity index (χ3v) is 4.72. The molecule has 0 aliphatic heterocycles. The van der Waals surface area contributed by atoms with Gasteiger partial charge < -0.3 is 10.5 Å². The molecule has 0 radical (unpaired) electrons. The Morgan fingerprint density at radius 3 is 2.12 bits per heavy atom. The van der Waals surface area contributed by atoms with Gasteiger partial charge in [-0.25, -0.2) is 0 Å². The molecule has 16 heavy (non-hydrogen) atoms. The summed E-state index contributed by atoms with van der Waals surface area (Å²) in [6.07, 6.45) is 7.93. The van der Waals surface area contributed by atoms with Crippen LogP contribution < -0.4 is 5.73 Å². The zero-order valence-corrected chi connectivity index (χ0v) is 9.69. The molecule has 3 heteroatoms. The van der Waals surface area contributed by atoms with E-state index in [2.05, 4.69) is 6.07 Å². The minimum atomic E-state index is -0.451. The Bertz CT molecular complexity index is 285. The van der Waals surface area contributed by atoms with Crippen LogP contribution in [0.1, 0.15) is 38.5 Å². The van der Waals surface area contributed by atoms with Crippen LogP contribution in [0.5, 0.6) is 0 Å². The van der Waals surface area contributed by atoms with Crippen LogP contribution in [0.15, 0.2) is 0 Å². The van der Waals surface area contributed by atoms with Crippen LogP contribution in [0.4, 0.5) is 0 Å². The van der Waals surface area contributed by atoms with Crippen molar-refractivity contribution in [2.24, 2.45) is 23.5 Å². The van der Waals surface area contributed by atoms with E-state index in [9.17, 15) is 0 Å². The zero-order valence-electron chi connectivity index (χ0n) is 9.69. The predicted octanol–water partition coefficient (Wildman–Crippen LogP) is 1.82. The molecule has 88 valence electrons. The van der Waals surface area contributed by atoms with Crippen molar-refractivity contribution in [3.63, 3.8) is 0 Å². The maximum Gasteiger partial charge on any atom is 0.116 e. The first kappa shape index (κ1) is 10.6. The molecule has 0 amide bonds. The maximum absolute atomic E-state index is 8.69. The maximum atomic E-state index is 8.69. The second-order valence-electron chi connectivity index (χ2n) is 6.15. The fraction of sp³-hybridized carbons (Fsp3) is 0.923. The van der Waals surface area contributed by atoms with Crippen molar-refractivity contribution in [1.82, 2.24) is 0 Å². The molecule has 2 N–H and O–H groups in total. The van der Waals surface area contributed by atoms with Gasteiger partial charge in [0.2, 0.25) is 0 Å². The monoisotopic (exact) mass is 220 g/mol. The van der Waals surface area contributed by atoms with E-state index in [0.29, 0.717) is 6.61 Å². The molecular formula is C13H20N2O. The smallest absolute Gasteiger partial charge is 0.116 e. The van der Waals surface area contributed by atoms with E-state index in [1.165, 1.54) is 38.5 Å². The molecule has 4 aliphatic carbocycles. The van der Waals surface area contributed by atoms with Crippen molar-refractivity contribution < 1.29 is 4.74 Å². The summed E-state index contributed by atoms with van der Waals surface area (Å²) in [5, 5.41) is 8.69. The normalized spacial score (nSPS) is 46.6. The highest BCUT2D eigenvalue weighted by molar-refractivity contribution is 5.03. The highest BCUT2D eigenvalue weighted by Gasteiger charge is 2.51. The second kappa shape index (κ2) is 3.72. The Morgan fingerprint density at radius 2 is 1.69 bits per heavy atom. The minimum Gasteiger partial charge on any atom is -0.372 e. The van der Waals surface area contributed by atoms with Gasteiger partial charge >= 0.3 is 0 Å². The molecule has 4 bridgehead atoms. The summed E-state index contributed by atoms with van der Waals surface area (Å²) in [5.74, 6) is 2.68. The lowest BCUT2D eigenvalue weighted by Gasteiger charge is -2.56. The first-order valence-electron chi connectivity index (χ1n) is 6.48. The number of hydrogen-bond acceptors (Lipinski definition) is 3. The first-order chi connectivity index (χ1) is 7.69. The highest BCUT2D eigenvalue weighted by Crippen LogP contribution is 2.57. The molecule has 0 spiro atoms. The van der Waals surface area contributed by atoms with Crippen molar-refractivity contribution in [3.8, 4) is 6.07 Å². The SMILES string of the molecule is N#CC(N)COC12CC3CC(CC(C3)C1)C2. The van der Waals surface area contributed by atoms with Gasteiger partial charge in [0.25, 0.3) is 0 Å². The van der Waals surface area contributed by atoms with Crippen LogP contribution in [0.3, 0.4) is 0 Å². The van der Waals surface area contributed by atoms with E-state index in [-0.39, 0.29) is 5.60 Å². The van der Waals surface area contributed by atoms with Gasteiger partial charge in [-0.05, 0) is 56.3 Å². The number of nitriles is 1. The fourth-order valence-electron chi connectivity index (χ4n) is 4.51. The van der Waals surface area contributed by atoms with Crippen LogP contribution in [0.2, 0.25) is 0 Å². The summed E-state index contributed by atoms with van der Waals surface area (Å²) in [5.41, 5.74) is 5.72. The van der Waals surface area contributed by atoms with Gasteiger partial charge in [-0.3, -0.25) is 0 Å². The summed E-state index contributed by atoms with van der Waals surface area (Å²) in [7, 11) is 0. The molecule has 0 aromatic heterocycles. The van der Waals surface area contributed by atoms with E-state index in [0.717, 1.165) is 17.8 Å². The fourth-order valence-corrected chi connectivity index (χ4v) is 4.51. The third-order valence-electron chi connectivity index (χ3n) is 4.72. The molecule has 0 aromatic rings. The number of ether oxygens (including phenoxy) is 1. The van der Waals surface area contributed by atoms with Crippen LogP contribution >= 0.6 is 0 Å². The average molecular weight is 220 g/mol. The van der Waals surface area contributed by atoms with E-state index in [1.54, 1.807) is 0 Å². The largest absolute Gasteiger partial charge is 0.372 e. The van der Waals surface area contributed by atoms with Crippen molar-refractivity contribution >= 4 is 0 Å². The number of rotatable bonds is 3. The standard InChI is InChI=1S/C13H20N2O/c14-7-12(15)8-16-13-4-9-1-10(5-13)3-11(2-9)6-13/h9-12H,1-6,8,15H2. The number of nitrogens with zero attached hydrogens (tertiary/aromatic N) is 1. The third kappa shape index (κ3) is 1.74. The van der Waals surface area contributed by atoms with E-state index < -0.39 is 6.04 Å². The summed E-state index contributed by atoms with van der Waals surface area (Å²) >= 11 is 0. The van der Waals surface area contributed by atoms with Gasteiger partial charge in [0, 0.05) is 0 Å².